The van der Waals surface area contributed by atoms with E-state index in [1.54, 1.807) is 29.6 Å². The predicted octanol–water partition coefficient (Wildman–Crippen LogP) is 1.10. The van der Waals surface area contributed by atoms with Crippen molar-refractivity contribution in [2.45, 2.75) is 6.42 Å². The maximum Gasteiger partial charge on any atom is 0.230 e. The van der Waals surface area contributed by atoms with Crippen LogP contribution in [-0.4, -0.2) is 16.9 Å². The number of nitriles is 1. The van der Waals surface area contributed by atoms with Crippen molar-refractivity contribution in [2.75, 3.05) is 5.32 Å². The van der Waals surface area contributed by atoms with Gasteiger partial charge in [-0.2, -0.15) is 10.3 Å². The van der Waals surface area contributed by atoms with Crippen LogP contribution in [0.3, 0.4) is 0 Å². The summed E-state index contributed by atoms with van der Waals surface area (Å²) in [6.07, 6.45) is 0.122. The molecule has 8 heteroatoms. The fourth-order valence-electron chi connectivity index (χ4n) is 1.54. The summed E-state index contributed by atoms with van der Waals surface area (Å²) in [5.74, 6) is -0.279. The number of benzene rings is 1. The predicted molar refractivity (Wildman–Crippen MR) is 81.1 cm³/mol. The van der Waals surface area contributed by atoms with E-state index in [-0.39, 0.29) is 18.3 Å². The maximum absolute atomic E-state index is 11.9. The number of nitrogens with two attached hydrogens (primary N) is 2. The SMILES string of the molecule is N#Cc1ccc(NC(=O)Cc2csc(N=C(N)N)n2)cc1. The molecular weight excluding hydrogens is 288 g/mol. The monoisotopic (exact) mass is 300 g/mol. The third kappa shape index (κ3) is 4.29. The molecule has 1 aromatic heterocycles. The topological polar surface area (TPSA) is 130 Å². The highest BCUT2D eigenvalue weighted by atomic mass is 32.1. The van der Waals surface area contributed by atoms with Gasteiger partial charge in [0.15, 0.2) is 5.96 Å². The molecule has 21 heavy (non-hydrogen) atoms. The first-order valence-electron chi connectivity index (χ1n) is 5.91. The van der Waals surface area contributed by atoms with Crippen molar-refractivity contribution >= 4 is 34.0 Å². The van der Waals surface area contributed by atoms with Crippen LogP contribution in [0.25, 0.3) is 0 Å². The van der Waals surface area contributed by atoms with Crippen LogP contribution in [0.2, 0.25) is 0 Å². The average molecular weight is 300 g/mol. The van der Waals surface area contributed by atoms with Gasteiger partial charge in [-0.15, -0.1) is 11.3 Å². The van der Waals surface area contributed by atoms with Gasteiger partial charge in [0.1, 0.15) is 0 Å². The number of carbonyl (C=O) groups is 1. The van der Waals surface area contributed by atoms with Crippen molar-refractivity contribution in [1.82, 2.24) is 4.98 Å². The second-order valence-corrected chi connectivity index (χ2v) is 4.91. The summed E-state index contributed by atoms with van der Waals surface area (Å²) in [6.45, 7) is 0. The molecule has 0 radical (unpaired) electrons. The Labute approximate surface area is 124 Å². The van der Waals surface area contributed by atoms with E-state index in [4.69, 9.17) is 16.7 Å². The number of hydrogen-bond donors (Lipinski definition) is 3. The molecule has 1 amide bonds. The van der Waals surface area contributed by atoms with Gasteiger partial charge in [-0.25, -0.2) is 4.98 Å². The van der Waals surface area contributed by atoms with E-state index < -0.39 is 0 Å². The van der Waals surface area contributed by atoms with E-state index in [0.29, 0.717) is 22.1 Å². The molecule has 0 saturated heterocycles. The number of carbonyl (C=O) groups excluding carboxylic acids is 1. The fraction of sp³-hybridized carbons (Fsp3) is 0.0769. The summed E-state index contributed by atoms with van der Waals surface area (Å²) in [7, 11) is 0. The normalized spacial score (nSPS) is 9.67. The summed E-state index contributed by atoms with van der Waals surface area (Å²) in [4.78, 5) is 19.8. The maximum atomic E-state index is 11.9. The third-order valence-corrected chi connectivity index (χ3v) is 3.19. The van der Waals surface area contributed by atoms with Crippen LogP contribution in [0.15, 0.2) is 34.6 Å². The second-order valence-electron chi connectivity index (χ2n) is 4.07. The Morgan fingerprint density at radius 2 is 2.10 bits per heavy atom. The molecule has 0 bridgehead atoms. The molecule has 0 fully saturated rings. The highest BCUT2D eigenvalue weighted by Gasteiger charge is 2.08. The number of thiazole rings is 1. The van der Waals surface area contributed by atoms with Gasteiger partial charge in [0.2, 0.25) is 11.0 Å². The van der Waals surface area contributed by atoms with Crippen molar-refractivity contribution < 1.29 is 4.79 Å². The van der Waals surface area contributed by atoms with Gasteiger partial charge < -0.3 is 16.8 Å². The molecule has 2 aromatic rings. The number of nitrogens with zero attached hydrogens (tertiary/aromatic N) is 3. The van der Waals surface area contributed by atoms with E-state index in [0.717, 1.165) is 0 Å². The number of rotatable bonds is 4. The minimum Gasteiger partial charge on any atom is -0.370 e. The lowest BCUT2D eigenvalue weighted by Crippen LogP contribution is -2.21. The number of amides is 1. The number of nitrogens with one attached hydrogen (secondary N) is 1. The number of hydrogen-bond acceptors (Lipinski definition) is 5. The van der Waals surface area contributed by atoms with E-state index in [9.17, 15) is 4.79 Å². The Morgan fingerprint density at radius 3 is 2.71 bits per heavy atom. The summed E-state index contributed by atoms with van der Waals surface area (Å²) < 4.78 is 0. The van der Waals surface area contributed by atoms with Crippen LogP contribution in [0, 0.1) is 11.3 Å². The molecule has 0 saturated carbocycles. The van der Waals surface area contributed by atoms with Gasteiger partial charge in [0, 0.05) is 11.1 Å². The molecule has 7 nitrogen and oxygen atoms in total. The molecule has 0 aliphatic heterocycles. The van der Waals surface area contributed by atoms with Crippen LogP contribution < -0.4 is 16.8 Å². The zero-order valence-corrected chi connectivity index (χ0v) is 11.7. The lowest BCUT2D eigenvalue weighted by molar-refractivity contribution is -0.115. The van der Waals surface area contributed by atoms with Crippen LogP contribution >= 0.6 is 11.3 Å². The quantitative estimate of drug-likeness (QED) is 0.575. The first kappa shape index (κ1) is 14.5. The summed E-state index contributed by atoms with van der Waals surface area (Å²) in [6, 6.07) is 8.62. The van der Waals surface area contributed by atoms with E-state index in [1.807, 2.05) is 6.07 Å². The minimum absolute atomic E-state index is 0.0714. The Kier molecular flexibility index (Phi) is 4.48. The van der Waals surface area contributed by atoms with Crippen molar-refractivity contribution in [3.8, 4) is 6.07 Å². The zero-order valence-electron chi connectivity index (χ0n) is 10.9. The molecule has 0 spiro atoms. The average Bonchev–Trinajstić information content (AvgIpc) is 2.85. The smallest absolute Gasteiger partial charge is 0.230 e. The van der Waals surface area contributed by atoms with Crippen LogP contribution in [-0.2, 0) is 11.2 Å². The molecule has 1 heterocycles. The molecule has 0 aliphatic rings. The first-order chi connectivity index (χ1) is 10.1. The number of guanidine groups is 1. The van der Waals surface area contributed by atoms with E-state index in [2.05, 4.69) is 15.3 Å². The van der Waals surface area contributed by atoms with Crippen LogP contribution in [0.4, 0.5) is 10.8 Å². The molecule has 0 aliphatic carbocycles. The molecule has 1 aromatic carbocycles. The Balaban J connectivity index is 1.96. The molecule has 2 rings (SSSR count). The Hall–Kier alpha value is -2.92. The fourth-order valence-corrected chi connectivity index (χ4v) is 2.24. The van der Waals surface area contributed by atoms with Gasteiger partial charge >= 0.3 is 0 Å². The Bertz CT molecular complexity index is 709. The lowest BCUT2D eigenvalue weighted by Gasteiger charge is -2.03. The first-order valence-corrected chi connectivity index (χ1v) is 6.79. The largest absolute Gasteiger partial charge is 0.370 e. The summed E-state index contributed by atoms with van der Waals surface area (Å²) in [5.41, 5.74) is 12.3. The number of aliphatic imine (C=N–C) groups is 1. The molecule has 0 unspecified atom stereocenters. The number of anilines is 1. The van der Waals surface area contributed by atoms with Crippen molar-refractivity contribution in [1.29, 1.82) is 5.26 Å². The van der Waals surface area contributed by atoms with Gasteiger partial charge in [-0.3, -0.25) is 4.79 Å². The minimum atomic E-state index is -0.207. The van der Waals surface area contributed by atoms with Gasteiger partial charge in [-0.1, -0.05) is 0 Å². The molecular formula is C13H12N6OS. The Morgan fingerprint density at radius 1 is 1.38 bits per heavy atom. The highest BCUT2D eigenvalue weighted by molar-refractivity contribution is 7.13. The van der Waals surface area contributed by atoms with Crippen molar-refractivity contribution in [2.24, 2.45) is 16.5 Å². The van der Waals surface area contributed by atoms with E-state index >= 15 is 0 Å². The zero-order chi connectivity index (χ0) is 15.2. The number of aromatic nitrogens is 1. The molecule has 5 N–H and O–H groups in total. The van der Waals surface area contributed by atoms with E-state index in [1.165, 1.54) is 11.3 Å². The van der Waals surface area contributed by atoms with Crippen molar-refractivity contribution in [3.05, 3.63) is 40.9 Å². The second kappa shape index (κ2) is 6.49. The standard InChI is InChI=1S/C13H12N6OS/c14-6-8-1-3-9(4-2-8)17-11(20)5-10-7-21-13(18-10)19-12(15)16/h1-4,7H,5H2,(H,17,20)(H4,15,16,18,19). The molecule has 106 valence electrons. The molecule has 0 atom stereocenters. The van der Waals surface area contributed by atoms with Crippen molar-refractivity contribution in [3.63, 3.8) is 0 Å². The van der Waals surface area contributed by atoms with Gasteiger partial charge in [0.25, 0.3) is 0 Å². The van der Waals surface area contributed by atoms with Gasteiger partial charge in [-0.05, 0) is 24.3 Å². The lowest BCUT2D eigenvalue weighted by atomic mass is 10.2. The summed E-state index contributed by atoms with van der Waals surface area (Å²) >= 11 is 1.26. The van der Waals surface area contributed by atoms with Crippen LogP contribution in [0.1, 0.15) is 11.3 Å². The summed E-state index contributed by atoms with van der Waals surface area (Å²) in [5, 5.41) is 13.6. The van der Waals surface area contributed by atoms with Gasteiger partial charge in [0.05, 0.1) is 23.7 Å². The third-order valence-electron chi connectivity index (χ3n) is 2.40. The highest BCUT2D eigenvalue weighted by Crippen LogP contribution is 2.19. The van der Waals surface area contributed by atoms with Crippen LogP contribution in [0.5, 0.6) is 0 Å².